The van der Waals surface area contributed by atoms with Gasteiger partial charge in [-0.05, 0) is 20.8 Å². The van der Waals surface area contributed by atoms with Crippen molar-refractivity contribution < 1.29 is 18.9 Å². The van der Waals surface area contributed by atoms with Crippen LogP contribution in [0.1, 0.15) is 20.8 Å². The van der Waals surface area contributed by atoms with Gasteiger partial charge in [0.1, 0.15) is 0 Å². The molecule has 13 heavy (non-hydrogen) atoms. The summed E-state index contributed by atoms with van der Waals surface area (Å²) in [6, 6.07) is 0. The summed E-state index contributed by atoms with van der Waals surface area (Å²) < 4.78 is 22.1. The topological polar surface area (TPSA) is 36.9 Å². The zero-order valence-electron chi connectivity index (χ0n) is 8.28. The van der Waals surface area contributed by atoms with Gasteiger partial charge in [0.2, 0.25) is 12.1 Å². The van der Waals surface area contributed by atoms with E-state index in [1.165, 1.54) is 0 Å². The standard InChI is InChI=1S/C9H16O4/c1-6-4-10-8(12-6)9(3)11-5-7(2)13-9/h6-8H,4-5H2,1-3H3/t6-,7+,8+,9+/m1/s1. The monoisotopic (exact) mass is 188 g/mol. The van der Waals surface area contributed by atoms with E-state index in [1.54, 1.807) is 0 Å². The maximum absolute atomic E-state index is 5.61. The minimum absolute atomic E-state index is 0.119. The van der Waals surface area contributed by atoms with Gasteiger partial charge in [0.25, 0.3) is 0 Å². The summed E-state index contributed by atoms with van der Waals surface area (Å²) in [6.45, 7) is 7.03. The van der Waals surface area contributed by atoms with Gasteiger partial charge in [-0.15, -0.1) is 0 Å². The Kier molecular flexibility index (Phi) is 2.32. The number of hydrogen-bond acceptors (Lipinski definition) is 4. The molecule has 2 heterocycles. The van der Waals surface area contributed by atoms with Crippen molar-refractivity contribution in [1.82, 2.24) is 0 Å². The zero-order valence-corrected chi connectivity index (χ0v) is 8.28. The van der Waals surface area contributed by atoms with Crippen molar-refractivity contribution >= 4 is 0 Å². The third-order valence-electron chi connectivity index (χ3n) is 2.31. The average Bonchev–Trinajstić information content (AvgIpc) is 2.60. The van der Waals surface area contributed by atoms with E-state index in [-0.39, 0.29) is 18.5 Å². The van der Waals surface area contributed by atoms with Crippen LogP contribution in [0.3, 0.4) is 0 Å². The van der Waals surface area contributed by atoms with Crippen LogP contribution in [0.4, 0.5) is 0 Å². The normalized spacial score (nSPS) is 51.5. The highest BCUT2D eigenvalue weighted by Gasteiger charge is 2.47. The van der Waals surface area contributed by atoms with Crippen molar-refractivity contribution in [3.8, 4) is 0 Å². The molecule has 4 nitrogen and oxygen atoms in total. The molecular formula is C9H16O4. The van der Waals surface area contributed by atoms with Gasteiger partial charge >= 0.3 is 0 Å². The first-order valence-electron chi connectivity index (χ1n) is 4.69. The fourth-order valence-electron chi connectivity index (χ4n) is 1.66. The smallest absolute Gasteiger partial charge is 0.218 e. The molecular weight excluding hydrogens is 172 g/mol. The maximum atomic E-state index is 5.61. The van der Waals surface area contributed by atoms with Gasteiger partial charge in [0, 0.05) is 0 Å². The molecule has 0 aromatic heterocycles. The molecule has 2 rings (SSSR count). The number of ether oxygens (including phenoxy) is 4. The Morgan fingerprint density at radius 2 is 1.92 bits per heavy atom. The van der Waals surface area contributed by atoms with Crippen LogP contribution < -0.4 is 0 Å². The van der Waals surface area contributed by atoms with E-state index in [9.17, 15) is 0 Å². The first kappa shape index (κ1) is 9.40. The Labute approximate surface area is 78.1 Å². The quantitative estimate of drug-likeness (QED) is 0.612. The molecule has 76 valence electrons. The van der Waals surface area contributed by atoms with Crippen LogP contribution in [0.25, 0.3) is 0 Å². The lowest BCUT2D eigenvalue weighted by Gasteiger charge is -2.27. The minimum atomic E-state index is -0.718. The lowest BCUT2D eigenvalue weighted by molar-refractivity contribution is -0.278. The molecule has 0 bridgehead atoms. The summed E-state index contributed by atoms with van der Waals surface area (Å²) in [5.41, 5.74) is 0. The molecule has 0 spiro atoms. The van der Waals surface area contributed by atoms with Crippen molar-refractivity contribution in [3.05, 3.63) is 0 Å². The van der Waals surface area contributed by atoms with Crippen LogP contribution in [-0.4, -0.2) is 37.5 Å². The predicted octanol–water partition coefficient (Wildman–Crippen LogP) is 0.899. The van der Waals surface area contributed by atoms with Crippen LogP contribution >= 0.6 is 0 Å². The van der Waals surface area contributed by atoms with Crippen molar-refractivity contribution in [3.63, 3.8) is 0 Å². The molecule has 2 aliphatic heterocycles. The van der Waals surface area contributed by atoms with Gasteiger partial charge in [-0.25, -0.2) is 0 Å². The third kappa shape index (κ3) is 1.72. The van der Waals surface area contributed by atoms with Gasteiger partial charge in [-0.3, -0.25) is 0 Å². The van der Waals surface area contributed by atoms with Crippen LogP contribution in [0.2, 0.25) is 0 Å². The Hall–Kier alpha value is -0.160. The summed E-state index contributed by atoms with van der Waals surface area (Å²) >= 11 is 0. The molecule has 2 saturated heterocycles. The van der Waals surface area contributed by atoms with E-state index < -0.39 is 5.79 Å². The molecule has 2 aliphatic rings. The van der Waals surface area contributed by atoms with E-state index in [1.807, 2.05) is 20.8 Å². The summed E-state index contributed by atoms with van der Waals surface area (Å²) in [4.78, 5) is 0. The predicted molar refractivity (Wildman–Crippen MR) is 45.2 cm³/mol. The first-order valence-corrected chi connectivity index (χ1v) is 4.69. The fourth-order valence-corrected chi connectivity index (χ4v) is 1.66. The molecule has 0 aliphatic carbocycles. The second-order valence-corrected chi connectivity index (χ2v) is 3.87. The highest BCUT2D eigenvalue weighted by molar-refractivity contribution is 4.79. The van der Waals surface area contributed by atoms with Crippen molar-refractivity contribution in [2.75, 3.05) is 13.2 Å². The van der Waals surface area contributed by atoms with E-state index in [2.05, 4.69) is 0 Å². The zero-order chi connectivity index (χ0) is 9.47. The van der Waals surface area contributed by atoms with Crippen LogP contribution in [0.5, 0.6) is 0 Å². The highest BCUT2D eigenvalue weighted by atomic mass is 16.8. The van der Waals surface area contributed by atoms with E-state index >= 15 is 0 Å². The number of hydrogen-bond donors (Lipinski definition) is 0. The van der Waals surface area contributed by atoms with Crippen molar-refractivity contribution in [1.29, 1.82) is 0 Å². The van der Waals surface area contributed by atoms with Crippen LogP contribution in [0.15, 0.2) is 0 Å². The maximum Gasteiger partial charge on any atom is 0.218 e. The summed E-state index contributed by atoms with van der Waals surface area (Å²) in [5, 5.41) is 0. The number of rotatable bonds is 1. The van der Waals surface area contributed by atoms with E-state index in [0.717, 1.165) is 0 Å². The van der Waals surface area contributed by atoms with Crippen LogP contribution in [-0.2, 0) is 18.9 Å². The van der Waals surface area contributed by atoms with Crippen molar-refractivity contribution in [2.24, 2.45) is 0 Å². The molecule has 0 saturated carbocycles. The molecule has 0 aromatic rings. The molecule has 0 N–H and O–H groups in total. The summed E-state index contributed by atoms with van der Waals surface area (Å²) in [7, 11) is 0. The first-order chi connectivity index (χ1) is 6.10. The summed E-state index contributed by atoms with van der Waals surface area (Å²) in [5.74, 6) is -0.718. The summed E-state index contributed by atoms with van der Waals surface area (Å²) in [6.07, 6.45) is -0.134. The Morgan fingerprint density at radius 3 is 2.38 bits per heavy atom. The molecule has 2 fully saturated rings. The van der Waals surface area contributed by atoms with Gasteiger partial charge in [0.05, 0.1) is 25.4 Å². The van der Waals surface area contributed by atoms with Crippen LogP contribution in [0, 0.1) is 0 Å². The van der Waals surface area contributed by atoms with Crippen molar-refractivity contribution in [2.45, 2.75) is 45.1 Å². The highest BCUT2D eigenvalue weighted by Crippen LogP contribution is 2.32. The largest absolute Gasteiger partial charge is 0.345 e. The molecule has 0 unspecified atom stereocenters. The SMILES string of the molecule is C[C@@H]1CO[C@H]([C@@]2(C)OC[C@H](C)O2)O1. The Balaban J connectivity index is 1.99. The van der Waals surface area contributed by atoms with E-state index in [4.69, 9.17) is 18.9 Å². The second-order valence-electron chi connectivity index (χ2n) is 3.87. The third-order valence-corrected chi connectivity index (χ3v) is 2.31. The van der Waals surface area contributed by atoms with Gasteiger partial charge in [-0.2, -0.15) is 0 Å². The van der Waals surface area contributed by atoms with E-state index in [0.29, 0.717) is 13.2 Å². The average molecular weight is 188 g/mol. The van der Waals surface area contributed by atoms with Gasteiger partial charge in [0.15, 0.2) is 0 Å². The lowest BCUT2D eigenvalue weighted by atomic mass is 10.3. The Bertz CT molecular complexity index is 196. The molecule has 0 amide bonds. The molecule has 4 atom stereocenters. The molecule has 0 radical (unpaired) electrons. The lowest BCUT2D eigenvalue weighted by Crippen LogP contribution is -2.41. The second kappa shape index (κ2) is 3.20. The fraction of sp³-hybridized carbons (Fsp3) is 1.00. The van der Waals surface area contributed by atoms with Gasteiger partial charge in [-0.1, -0.05) is 0 Å². The minimum Gasteiger partial charge on any atom is -0.345 e. The molecule has 4 heteroatoms. The Morgan fingerprint density at radius 1 is 1.15 bits per heavy atom. The molecule has 0 aromatic carbocycles. The van der Waals surface area contributed by atoms with Gasteiger partial charge < -0.3 is 18.9 Å².